The van der Waals surface area contributed by atoms with Crippen molar-refractivity contribution in [1.82, 2.24) is 14.6 Å². The Morgan fingerprint density at radius 3 is 2.71 bits per heavy atom. The summed E-state index contributed by atoms with van der Waals surface area (Å²) >= 11 is 0. The number of aromatic nitrogens is 3. The highest BCUT2D eigenvalue weighted by molar-refractivity contribution is 5.98. The molecule has 0 bridgehead atoms. The van der Waals surface area contributed by atoms with Gasteiger partial charge in [-0.1, -0.05) is 24.1 Å². The van der Waals surface area contributed by atoms with E-state index in [0.717, 1.165) is 17.7 Å². The minimum Gasteiger partial charge on any atom is -0.294 e. The molecule has 0 amide bonds. The molecular formula is C24H16F3N3O. The van der Waals surface area contributed by atoms with Crippen LogP contribution in [-0.4, -0.2) is 20.4 Å². The monoisotopic (exact) mass is 419 g/mol. The number of hydrogen-bond acceptors (Lipinski definition) is 3. The first-order chi connectivity index (χ1) is 14.8. The van der Waals surface area contributed by atoms with Crippen LogP contribution in [0.4, 0.5) is 13.2 Å². The molecule has 0 atom stereocenters. The first kappa shape index (κ1) is 20.4. The van der Waals surface area contributed by atoms with Crippen LogP contribution in [0, 0.1) is 18.8 Å². The van der Waals surface area contributed by atoms with Gasteiger partial charge < -0.3 is 0 Å². The van der Waals surface area contributed by atoms with Crippen molar-refractivity contribution in [1.29, 1.82) is 0 Å². The minimum absolute atomic E-state index is 0.128. The van der Waals surface area contributed by atoms with Gasteiger partial charge >= 0.3 is 6.18 Å². The third-order valence-electron chi connectivity index (χ3n) is 4.63. The lowest BCUT2D eigenvalue weighted by molar-refractivity contribution is -0.137. The maximum absolute atomic E-state index is 12.9. The molecule has 4 nitrogen and oxygen atoms in total. The number of nitrogens with zero attached hydrogens (tertiary/aromatic N) is 3. The zero-order valence-electron chi connectivity index (χ0n) is 16.4. The number of halogens is 3. The number of carbonyl (C=O) groups is 1. The molecule has 0 aliphatic carbocycles. The first-order valence-corrected chi connectivity index (χ1v) is 9.41. The van der Waals surface area contributed by atoms with Crippen molar-refractivity contribution in [2.45, 2.75) is 19.5 Å². The van der Waals surface area contributed by atoms with Crippen molar-refractivity contribution in [2.75, 3.05) is 0 Å². The van der Waals surface area contributed by atoms with Crippen LogP contribution in [0.1, 0.15) is 38.3 Å². The van der Waals surface area contributed by atoms with Gasteiger partial charge in [-0.05, 0) is 60.4 Å². The topological polar surface area (TPSA) is 47.3 Å². The van der Waals surface area contributed by atoms with Crippen molar-refractivity contribution in [3.63, 3.8) is 0 Å². The number of fused-ring (bicyclic) bond motifs is 1. The van der Waals surface area contributed by atoms with E-state index in [1.807, 2.05) is 19.1 Å². The van der Waals surface area contributed by atoms with Gasteiger partial charge in [-0.15, -0.1) is 0 Å². The molecule has 154 valence electrons. The maximum atomic E-state index is 12.9. The fourth-order valence-corrected chi connectivity index (χ4v) is 3.21. The van der Waals surface area contributed by atoms with Gasteiger partial charge in [0.15, 0.2) is 11.4 Å². The Bertz CT molecular complexity index is 1340. The number of ketones is 1. The average molecular weight is 419 g/mol. The zero-order chi connectivity index (χ0) is 22.0. The Hall–Kier alpha value is -3.92. The highest BCUT2D eigenvalue weighted by atomic mass is 19.4. The van der Waals surface area contributed by atoms with Crippen LogP contribution < -0.4 is 0 Å². The third kappa shape index (κ3) is 4.64. The molecule has 2 aromatic heterocycles. The molecule has 31 heavy (non-hydrogen) atoms. The standard InChI is InChI=1S/C24H16F3N3O/c1-16-10-18(7-8-21-15-28-23-6-3-9-29-30(21)23)12-19(11-16)22(31)14-17-4-2-5-20(13-17)24(25,26)27/h2-6,9-13,15H,14H2,1H3. The summed E-state index contributed by atoms with van der Waals surface area (Å²) in [5.41, 5.74) is 2.68. The second-order valence-electron chi connectivity index (χ2n) is 7.07. The SMILES string of the molecule is Cc1cc(C#Cc2cnc3cccnn23)cc(C(=O)Cc2cccc(C(F)(F)F)c2)c1. The van der Waals surface area contributed by atoms with E-state index in [1.54, 1.807) is 35.1 Å². The third-order valence-corrected chi connectivity index (χ3v) is 4.63. The predicted octanol–water partition coefficient (Wildman–Crippen LogP) is 4.88. The molecule has 0 saturated carbocycles. The van der Waals surface area contributed by atoms with E-state index in [1.165, 1.54) is 12.1 Å². The van der Waals surface area contributed by atoms with E-state index < -0.39 is 11.7 Å². The van der Waals surface area contributed by atoms with Gasteiger partial charge in [-0.25, -0.2) is 9.50 Å². The second kappa shape index (κ2) is 8.07. The van der Waals surface area contributed by atoms with E-state index in [2.05, 4.69) is 21.9 Å². The van der Waals surface area contributed by atoms with Gasteiger partial charge in [0.1, 0.15) is 5.69 Å². The van der Waals surface area contributed by atoms with Crippen LogP contribution in [0.5, 0.6) is 0 Å². The molecule has 2 aromatic carbocycles. The van der Waals surface area contributed by atoms with Crippen LogP contribution in [-0.2, 0) is 12.6 Å². The normalized spacial score (nSPS) is 11.2. The van der Waals surface area contributed by atoms with E-state index in [9.17, 15) is 18.0 Å². The molecule has 0 aliphatic heterocycles. The molecule has 4 aromatic rings. The molecule has 0 saturated heterocycles. The smallest absolute Gasteiger partial charge is 0.294 e. The molecule has 0 spiro atoms. The van der Waals surface area contributed by atoms with Crippen molar-refractivity contribution in [2.24, 2.45) is 0 Å². The van der Waals surface area contributed by atoms with E-state index >= 15 is 0 Å². The summed E-state index contributed by atoms with van der Waals surface area (Å²) < 4.78 is 40.4. The summed E-state index contributed by atoms with van der Waals surface area (Å²) in [6.45, 7) is 1.84. The Morgan fingerprint density at radius 2 is 1.90 bits per heavy atom. The quantitative estimate of drug-likeness (QED) is 0.351. The Balaban J connectivity index is 1.59. The number of Topliss-reactive ketones (excluding diaryl/α,β-unsaturated/α-hetero) is 1. The van der Waals surface area contributed by atoms with E-state index in [0.29, 0.717) is 28.0 Å². The van der Waals surface area contributed by atoms with Crippen molar-refractivity contribution in [3.05, 3.63) is 101 Å². The predicted molar refractivity (Wildman–Crippen MR) is 110 cm³/mol. The molecular weight excluding hydrogens is 403 g/mol. The highest BCUT2D eigenvalue weighted by Crippen LogP contribution is 2.29. The fraction of sp³-hybridized carbons (Fsp3) is 0.125. The summed E-state index contributed by atoms with van der Waals surface area (Å²) in [5.74, 6) is 5.74. The Morgan fingerprint density at radius 1 is 1.06 bits per heavy atom. The van der Waals surface area contributed by atoms with Crippen molar-refractivity contribution < 1.29 is 18.0 Å². The first-order valence-electron chi connectivity index (χ1n) is 9.41. The van der Waals surface area contributed by atoms with Gasteiger partial charge in [-0.3, -0.25) is 4.79 Å². The van der Waals surface area contributed by atoms with Crippen LogP contribution in [0.3, 0.4) is 0 Å². The van der Waals surface area contributed by atoms with Gasteiger partial charge in [0, 0.05) is 23.7 Å². The Kier molecular flexibility index (Phi) is 5.30. The van der Waals surface area contributed by atoms with Gasteiger partial charge in [0.05, 0.1) is 11.8 Å². The Labute approximate surface area is 176 Å². The summed E-state index contributed by atoms with van der Waals surface area (Å²) in [5, 5.41) is 4.21. The molecule has 0 unspecified atom stereocenters. The lowest BCUT2D eigenvalue weighted by Gasteiger charge is -2.09. The number of benzene rings is 2. The number of imidazole rings is 1. The van der Waals surface area contributed by atoms with E-state index in [4.69, 9.17) is 0 Å². The average Bonchev–Trinajstić information content (AvgIpc) is 3.14. The molecule has 4 rings (SSSR count). The van der Waals surface area contributed by atoms with Gasteiger partial charge in [-0.2, -0.15) is 18.3 Å². The number of hydrogen-bond donors (Lipinski definition) is 0. The fourth-order valence-electron chi connectivity index (χ4n) is 3.21. The summed E-state index contributed by atoms with van der Waals surface area (Å²) in [7, 11) is 0. The summed E-state index contributed by atoms with van der Waals surface area (Å²) in [6, 6.07) is 13.6. The molecule has 0 fully saturated rings. The lowest BCUT2D eigenvalue weighted by Crippen LogP contribution is -2.08. The van der Waals surface area contributed by atoms with Crippen LogP contribution in [0.25, 0.3) is 5.65 Å². The lowest BCUT2D eigenvalue weighted by atomic mass is 9.98. The highest BCUT2D eigenvalue weighted by Gasteiger charge is 2.30. The zero-order valence-corrected chi connectivity index (χ0v) is 16.4. The second-order valence-corrected chi connectivity index (χ2v) is 7.07. The summed E-state index contributed by atoms with van der Waals surface area (Å²) in [4.78, 5) is 17.0. The van der Waals surface area contributed by atoms with Crippen molar-refractivity contribution in [3.8, 4) is 11.8 Å². The van der Waals surface area contributed by atoms with Crippen LogP contribution in [0.2, 0.25) is 0 Å². The van der Waals surface area contributed by atoms with Crippen molar-refractivity contribution >= 4 is 11.4 Å². The summed E-state index contributed by atoms with van der Waals surface area (Å²) in [6.07, 6.45) is -1.32. The minimum atomic E-state index is -4.45. The van der Waals surface area contributed by atoms with Gasteiger partial charge in [0.2, 0.25) is 0 Å². The molecule has 7 heteroatoms. The van der Waals surface area contributed by atoms with Crippen LogP contribution in [0.15, 0.2) is 67.0 Å². The number of aryl methyl sites for hydroxylation is 1. The molecule has 2 heterocycles. The number of rotatable bonds is 3. The molecule has 0 N–H and O–H groups in total. The number of carbonyl (C=O) groups excluding carboxylic acids is 1. The molecule has 0 radical (unpaired) electrons. The van der Waals surface area contributed by atoms with E-state index in [-0.39, 0.29) is 12.2 Å². The number of alkyl halides is 3. The maximum Gasteiger partial charge on any atom is 0.416 e. The molecule has 0 aliphatic rings. The van der Waals surface area contributed by atoms with Gasteiger partial charge in [0.25, 0.3) is 0 Å². The largest absolute Gasteiger partial charge is 0.416 e. The van der Waals surface area contributed by atoms with Crippen LogP contribution >= 0.6 is 0 Å².